The van der Waals surface area contributed by atoms with E-state index in [0.29, 0.717) is 12.3 Å². The molecule has 5 heteroatoms. The fourth-order valence-electron chi connectivity index (χ4n) is 3.53. The molecule has 0 bridgehead atoms. The van der Waals surface area contributed by atoms with Crippen molar-refractivity contribution >= 4 is 5.91 Å². The molecule has 3 rings (SSSR count). The average molecular weight is 354 g/mol. The molecule has 0 radical (unpaired) electrons. The number of nitrogens with zero attached hydrogens (tertiary/aromatic N) is 1. The molecule has 1 saturated heterocycles. The van der Waals surface area contributed by atoms with Gasteiger partial charge >= 0.3 is 0 Å². The maximum atomic E-state index is 12.5. The van der Waals surface area contributed by atoms with Crippen LogP contribution in [0, 0.1) is 6.92 Å². The number of carbonyl (C=O) groups excluding carboxylic acids is 1. The fourth-order valence-corrected chi connectivity index (χ4v) is 3.53. The lowest BCUT2D eigenvalue weighted by atomic mass is 10.0. The van der Waals surface area contributed by atoms with Gasteiger partial charge in [0.15, 0.2) is 11.2 Å². The first-order chi connectivity index (χ1) is 12.6. The third kappa shape index (κ3) is 4.82. The van der Waals surface area contributed by atoms with Crippen LogP contribution in [0.15, 0.2) is 51.7 Å². The first kappa shape index (κ1) is 18.4. The van der Waals surface area contributed by atoms with Crippen LogP contribution in [-0.2, 0) is 0 Å². The van der Waals surface area contributed by atoms with E-state index in [-0.39, 0.29) is 23.1 Å². The highest BCUT2D eigenvalue weighted by molar-refractivity contribution is 5.91. The van der Waals surface area contributed by atoms with Crippen molar-refractivity contribution in [3.63, 3.8) is 0 Å². The Bertz CT molecular complexity index is 777. The normalized spacial score (nSPS) is 16.7. The number of carbonyl (C=O) groups is 1. The van der Waals surface area contributed by atoms with Crippen LogP contribution in [0.2, 0.25) is 0 Å². The SMILES string of the molecule is Cc1cc(=O)cc(C(=O)NC[C@H](c2ccccc2)N2CCCCCC2)o1. The van der Waals surface area contributed by atoms with Crippen LogP contribution >= 0.6 is 0 Å². The minimum atomic E-state index is -0.346. The van der Waals surface area contributed by atoms with Gasteiger partial charge in [0.25, 0.3) is 5.91 Å². The van der Waals surface area contributed by atoms with Gasteiger partial charge in [0.1, 0.15) is 5.76 Å². The summed E-state index contributed by atoms with van der Waals surface area (Å²) in [6, 6.07) is 13.0. The lowest BCUT2D eigenvalue weighted by molar-refractivity contribution is 0.0901. The number of rotatable bonds is 5. The van der Waals surface area contributed by atoms with E-state index in [0.717, 1.165) is 13.1 Å². The van der Waals surface area contributed by atoms with Gasteiger partial charge in [-0.3, -0.25) is 14.5 Å². The molecular weight excluding hydrogens is 328 g/mol. The summed E-state index contributed by atoms with van der Waals surface area (Å²) >= 11 is 0. The minimum absolute atomic E-state index is 0.0673. The van der Waals surface area contributed by atoms with Crippen molar-refractivity contribution in [3.8, 4) is 0 Å². The van der Waals surface area contributed by atoms with Gasteiger partial charge in [-0.15, -0.1) is 0 Å². The molecule has 0 aliphatic carbocycles. The minimum Gasteiger partial charge on any atom is -0.456 e. The van der Waals surface area contributed by atoms with Crippen LogP contribution in [0.3, 0.4) is 0 Å². The highest BCUT2D eigenvalue weighted by Gasteiger charge is 2.22. The van der Waals surface area contributed by atoms with E-state index in [4.69, 9.17) is 4.42 Å². The second kappa shape index (κ2) is 8.81. The molecule has 0 spiro atoms. The molecule has 0 saturated carbocycles. The molecule has 1 N–H and O–H groups in total. The number of hydrogen-bond donors (Lipinski definition) is 1. The van der Waals surface area contributed by atoms with E-state index in [9.17, 15) is 9.59 Å². The van der Waals surface area contributed by atoms with Crippen LogP contribution in [0.4, 0.5) is 0 Å². The standard InChI is InChI=1S/C21H26N2O3/c1-16-13-18(24)14-20(26-16)21(25)22-15-19(17-9-5-4-6-10-17)23-11-7-2-3-8-12-23/h4-6,9-10,13-14,19H,2-3,7-8,11-12,15H2,1H3,(H,22,25)/t19-/m1/s1. The smallest absolute Gasteiger partial charge is 0.287 e. The van der Waals surface area contributed by atoms with Gasteiger partial charge in [-0.05, 0) is 38.4 Å². The van der Waals surface area contributed by atoms with Crippen LogP contribution in [0.5, 0.6) is 0 Å². The fraction of sp³-hybridized carbons (Fsp3) is 0.429. The molecule has 1 aliphatic rings. The van der Waals surface area contributed by atoms with E-state index < -0.39 is 0 Å². The van der Waals surface area contributed by atoms with E-state index in [2.05, 4.69) is 22.3 Å². The van der Waals surface area contributed by atoms with E-state index in [1.807, 2.05) is 18.2 Å². The van der Waals surface area contributed by atoms with Crippen molar-refractivity contribution in [2.75, 3.05) is 19.6 Å². The second-order valence-corrected chi connectivity index (χ2v) is 6.85. The zero-order valence-electron chi connectivity index (χ0n) is 15.2. The molecule has 1 atom stereocenters. The summed E-state index contributed by atoms with van der Waals surface area (Å²) in [5.74, 6) is 0.161. The van der Waals surface area contributed by atoms with Crippen LogP contribution in [-0.4, -0.2) is 30.4 Å². The molecule has 26 heavy (non-hydrogen) atoms. The Morgan fingerprint density at radius 3 is 2.46 bits per heavy atom. The Hall–Kier alpha value is -2.40. The average Bonchev–Trinajstić information content (AvgIpc) is 2.91. The molecule has 0 unspecified atom stereocenters. The summed E-state index contributed by atoms with van der Waals surface area (Å²) in [6.07, 6.45) is 4.89. The molecule has 1 aromatic carbocycles. The molecular formula is C21H26N2O3. The van der Waals surface area contributed by atoms with E-state index >= 15 is 0 Å². The lowest BCUT2D eigenvalue weighted by Gasteiger charge is -2.31. The molecule has 2 aromatic rings. The van der Waals surface area contributed by atoms with Crippen LogP contribution in [0.25, 0.3) is 0 Å². The summed E-state index contributed by atoms with van der Waals surface area (Å²) in [6.45, 7) is 4.23. The van der Waals surface area contributed by atoms with Gasteiger partial charge in [0.05, 0.1) is 6.04 Å². The predicted molar refractivity (Wildman–Crippen MR) is 101 cm³/mol. The zero-order valence-corrected chi connectivity index (χ0v) is 15.2. The third-order valence-electron chi connectivity index (χ3n) is 4.84. The summed E-state index contributed by atoms with van der Waals surface area (Å²) in [7, 11) is 0. The monoisotopic (exact) mass is 354 g/mol. The topological polar surface area (TPSA) is 62.6 Å². The predicted octanol–water partition coefficient (Wildman–Crippen LogP) is 3.30. The molecule has 2 heterocycles. The Morgan fingerprint density at radius 2 is 1.81 bits per heavy atom. The van der Waals surface area contributed by atoms with Gasteiger partial charge in [-0.2, -0.15) is 0 Å². The van der Waals surface area contributed by atoms with Crippen LogP contribution in [0.1, 0.15) is 53.6 Å². The number of aryl methyl sites for hydroxylation is 1. The van der Waals surface area contributed by atoms with Crippen molar-refractivity contribution in [1.29, 1.82) is 0 Å². The summed E-state index contributed by atoms with van der Waals surface area (Å²) < 4.78 is 5.40. The molecule has 138 valence electrons. The molecule has 1 aliphatic heterocycles. The number of benzene rings is 1. The van der Waals surface area contributed by atoms with E-state index in [1.54, 1.807) is 6.92 Å². The van der Waals surface area contributed by atoms with E-state index in [1.165, 1.54) is 43.4 Å². The highest BCUT2D eigenvalue weighted by Crippen LogP contribution is 2.23. The second-order valence-electron chi connectivity index (χ2n) is 6.85. The quantitative estimate of drug-likeness (QED) is 0.895. The van der Waals surface area contributed by atoms with Gasteiger partial charge in [-0.25, -0.2) is 0 Å². The molecule has 1 aromatic heterocycles. The molecule has 5 nitrogen and oxygen atoms in total. The Balaban J connectivity index is 1.75. The maximum absolute atomic E-state index is 12.5. The van der Waals surface area contributed by atoms with Crippen molar-refractivity contribution in [1.82, 2.24) is 10.2 Å². The van der Waals surface area contributed by atoms with Crippen molar-refractivity contribution in [2.45, 2.75) is 38.6 Å². The Labute approximate surface area is 154 Å². The summed E-state index contributed by atoms with van der Waals surface area (Å²) in [5, 5.41) is 2.96. The van der Waals surface area contributed by atoms with Gasteiger partial charge in [0.2, 0.25) is 0 Å². The van der Waals surface area contributed by atoms with Gasteiger partial charge in [0, 0.05) is 18.7 Å². The third-order valence-corrected chi connectivity index (χ3v) is 4.84. The molecule has 1 fully saturated rings. The summed E-state index contributed by atoms with van der Waals surface area (Å²) in [5.41, 5.74) is 0.978. The number of amides is 1. The summed E-state index contributed by atoms with van der Waals surface area (Å²) in [4.78, 5) is 26.5. The number of nitrogens with one attached hydrogen (secondary N) is 1. The van der Waals surface area contributed by atoms with Crippen molar-refractivity contribution in [3.05, 3.63) is 69.8 Å². The molecule has 1 amide bonds. The maximum Gasteiger partial charge on any atom is 0.287 e. The highest BCUT2D eigenvalue weighted by atomic mass is 16.3. The largest absolute Gasteiger partial charge is 0.456 e. The van der Waals surface area contributed by atoms with Crippen molar-refractivity contribution < 1.29 is 9.21 Å². The van der Waals surface area contributed by atoms with Gasteiger partial charge < -0.3 is 9.73 Å². The Morgan fingerprint density at radius 1 is 1.12 bits per heavy atom. The number of hydrogen-bond acceptors (Lipinski definition) is 4. The first-order valence-electron chi connectivity index (χ1n) is 9.32. The first-order valence-corrected chi connectivity index (χ1v) is 9.32. The van der Waals surface area contributed by atoms with Crippen molar-refractivity contribution in [2.24, 2.45) is 0 Å². The zero-order chi connectivity index (χ0) is 18.4. The number of likely N-dealkylation sites (tertiary alicyclic amines) is 1. The van der Waals surface area contributed by atoms with Crippen LogP contribution < -0.4 is 10.7 Å². The lowest BCUT2D eigenvalue weighted by Crippen LogP contribution is -2.38. The van der Waals surface area contributed by atoms with Gasteiger partial charge in [-0.1, -0.05) is 43.2 Å². The Kier molecular flexibility index (Phi) is 6.23.